The summed E-state index contributed by atoms with van der Waals surface area (Å²) >= 11 is 0. The minimum Gasteiger partial charge on any atom is -0.497 e. The number of nitrogens with zero attached hydrogens (tertiary/aromatic N) is 2. The van der Waals surface area contributed by atoms with Gasteiger partial charge in [0.15, 0.2) is 5.78 Å². The third-order valence-corrected chi connectivity index (χ3v) is 5.84. The minimum atomic E-state index is -0.822. The van der Waals surface area contributed by atoms with Gasteiger partial charge >= 0.3 is 0 Å². The van der Waals surface area contributed by atoms with Crippen LogP contribution in [-0.2, 0) is 0 Å². The van der Waals surface area contributed by atoms with Gasteiger partial charge in [0, 0.05) is 46.5 Å². The summed E-state index contributed by atoms with van der Waals surface area (Å²) in [6.45, 7) is 0. The summed E-state index contributed by atoms with van der Waals surface area (Å²) in [5, 5.41) is 22.6. The SMILES string of the molecule is COc1ccc(C(=O)c2ccc(OC)cc2-c2cc([N+](=O)[O-])ccc2F)c(-c2cc([N+](=O)[O-])ccc2F)c1. The van der Waals surface area contributed by atoms with Crippen LogP contribution < -0.4 is 9.47 Å². The molecule has 0 aliphatic carbocycles. The fraction of sp³-hybridized carbons (Fsp3) is 0.0741. The minimum absolute atomic E-state index is 0.00293. The van der Waals surface area contributed by atoms with Crippen LogP contribution in [-0.4, -0.2) is 29.8 Å². The van der Waals surface area contributed by atoms with Crippen LogP contribution in [0.4, 0.5) is 20.2 Å². The van der Waals surface area contributed by atoms with E-state index in [4.69, 9.17) is 9.47 Å². The molecule has 0 fully saturated rings. The van der Waals surface area contributed by atoms with Crippen LogP contribution in [0.1, 0.15) is 15.9 Å². The number of hydrogen-bond acceptors (Lipinski definition) is 7. The maximum absolute atomic E-state index is 14.9. The number of carbonyl (C=O) groups excluding carboxylic acids is 1. The van der Waals surface area contributed by atoms with Gasteiger partial charge in [0.05, 0.1) is 24.1 Å². The number of non-ortho nitro benzene ring substituents is 2. The van der Waals surface area contributed by atoms with Gasteiger partial charge in [0.25, 0.3) is 11.4 Å². The van der Waals surface area contributed by atoms with Crippen molar-refractivity contribution >= 4 is 17.2 Å². The van der Waals surface area contributed by atoms with Gasteiger partial charge in [-0.25, -0.2) is 8.78 Å². The highest BCUT2D eigenvalue weighted by Crippen LogP contribution is 2.37. The fourth-order valence-electron chi connectivity index (χ4n) is 3.95. The number of rotatable bonds is 8. The Morgan fingerprint density at radius 2 is 1.03 bits per heavy atom. The molecule has 0 radical (unpaired) electrons. The molecule has 11 heteroatoms. The van der Waals surface area contributed by atoms with Gasteiger partial charge in [0.2, 0.25) is 0 Å². The maximum Gasteiger partial charge on any atom is 0.270 e. The zero-order chi connectivity index (χ0) is 27.6. The summed E-state index contributed by atoms with van der Waals surface area (Å²) in [5.74, 6) is -1.84. The van der Waals surface area contributed by atoms with Crippen molar-refractivity contribution in [2.75, 3.05) is 14.2 Å². The molecular weight excluding hydrogens is 502 g/mol. The van der Waals surface area contributed by atoms with E-state index in [2.05, 4.69) is 0 Å². The summed E-state index contributed by atoms with van der Waals surface area (Å²) in [6, 6.07) is 14.1. The third kappa shape index (κ3) is 4.89. The van der Waals surface area contributed by atoms with Gasteiger partial charge in [-0.1, -0.05) is 0 Å². The summed E-state index contributed by atoms with van der Waals surface area (Å²) < 4.78 is 40.2. The lowest BCUT2D eigenvalue weighted by Gasteiger charge is -2.15. The first-order chi connectivity index (χ1) is 18.1. The zero-order valence-corrected chi connectivity index (χ0v) is 19.9. The molecule has 0 spiro atoms. The Kier molecular flexibility index (Phi) is 7.10. The molecule has 0 atom stereocenters. The van der Waals surface area contributed by atoms with E-state index in [9.17, 15) is 33.8 Å². The monoisotopic (exact) mass is 520 g/mol. The number of benzene rings is 4. The van der Waals surface area contributed by atoms with E-state index in [0.717, 1.165) is 36.4 Å². The Morgan fingerprint density at radius 3 is 1.37 bits per heavy atom. The van der Waals surface area contributed by atoms with Crippen LogP contribution in [0, 0.1) is 31.9 Å². The summed E-state index contributed by atoms with van der Waals surface area (Å²) in [7, 11) is 2.72. The molecule has 9 nitrogen and oxygen atoms in total. The predicted octanol–water partition coefficient (Wildman–Crippen LogP) is 6.36. The Hall–Kier alpha value is -5.19. The fourth-order valence-corrected chi connectivity index (χ4v) is 3.95. The van der Waals surface area contributed by atoms with Crippen LogP contribution in [0.2, 0.25) is 0 Å². The Bertz CT molecular complexity index is 1490. The average Bonchev–Trinajstić information content (AvgIpc) is 2.92. The van der Waals surface area contributed by atoms with Crippen molar-refractivity contribution in [3.63, 3.8) is 0 Å². The Morgan fingerprint density at radius 1 is 0.632 bits per heavy atom. The number of nitro groups is 2. The first-order valence-electron chi connectivity index (χ1n) is 10.9. The Labute approximate surface area is 214 Å². The second kappa shape index (κ2) is 10.4. The lowest BCUT2D eigenvalue weighted by molar-refractivity contribution is -0.385. The zero-order valence-electron chi connectivity index (χ0n) is 19.9. The highest BCUT2D eigenvalue weighted by Gasteiger charge is 2.24. The quantitative estimate of drug-likeness (QED) is 0.150. The normalized spacial score (nSPS) is 10.6. The van der Waals surface area contributed by atoms with Gasteiger partial charge < -0.3 is 9.47 Å². The molecule has 4 rings (SSSR count). The molecule has 192 valence electrons. The molecule has 0 aromatic heterocycles. The lowest BCUT2D eigenvalue weighted by Crippen LogP contribution is -2.08. The number of nitro benzene ring substituents is 2. The van der Waals surface area contributed by atoms with E-state index in [1.165, 1.54) is 50.6 Å². The van der Waals surface area contributed by atoms with Crippen molar-refractivity contribution < 1.29 is 32.9 Å². The van der Waals surface area contributed by atoms with E-state index >= 15 is 0 Å². The molecule has 0 N–H and O–H groups in total. The molecule has 0 heterocycles. The molecule has 0 saturated carbocycles. The van der Waals surface area contributed by atoms with Gasteiger partial charge in [-0.15, -0.1) is 0 Å². The number of hydrogen-bond donors (Lipinski definition) is 0. The van der Waals surface area contributed by atoms with Gasteiger partial charge in [-0.2, -0.15) is 0 Å². The second-order valence-corrected chi connectivity index (χ2v) is 7.99. The average molecular weight is 520 g/mol. The van der Waals surface area contributed by atoms with E-state index < -0.39 is 38.6 Å². The number of ketones is 1. The molecule has 4 aromatic rings. The summed E-state index contributed by atoms with van der Waals surface area (Å²) in [6.07, 6.45) is 0. The number of carbonyl (C=O) groups is 1. The number of methoxy groups -OCH3 is 2. The highest BCUT2D eigenvalue weighted by atomic mass is 19.1. The van der Waals surface area contributed by atoms with Gasteiger partial charge in [-0.3, -0.25) is 25.0 Å². The maximum atomic E-state index is 14.9. The van der Waals surface area contributed by atoms with Crippen LogP contribution in [0.3, 0.4) is 0 Å². The van der Waals surface area contributed by atoms with Crippen molar-refractivity contribution in [1.29, 1.82) is 0 Å². The van der Waals surface area contributed by atoms with Crippen molar-refractivity contribution in [2.24, 2.45) is 0 Å². The highest BCUT2D eigenvalue weighted by molar-refractivity contribution is 6.16. The largest absolute Gasteiger partial charge is 0.497 e. The molecule has 0 bridgehead atoms. The summed E-state index contributed by atoms with van der Waals surface area (Å²) in [5.41, 5.74) is -1.38. The molecule has 4 aromatic carbocycles. The van der Waals surface area contributed by atoms with E-state index in [1.54, 1.807) is 0 Å². The van der Waals surface area contributed by atoms with Crippen LogP contribution in [0.25, 0.3) is 22.3 Å². The lowest BCUT2D eigenvalue weighted by atomic mass is 9.89. The first-order valence-corrected chi connectivity index (χ1v) is 10.9. The topological polar surface area (TPSA) is 122 Å². The van der Waals surface area contributed by atoms with Crippen molar-refractivity contribution in [3.05, 3.63) is 116 Å². The van der Waals surface area contributed by atoms with Gasteiger partial charge in [0.1, 0.15) is 23.1 Å². The summed E-state index contributed by atoms with van der Waals surface area (Å²) in [4.78, 5) is 35.2. The van der Waals surface area contributed by atoms with E-state index in [1.807, 2.05) is 0 Å². The second-order valence-electron chi connectivity index (χ2n) is 7.99. The van der Waals surface area contributed by atoms with Crippen LogP contribution in [0.15, 0.2) is 72.8 Å². The van der Waals surface area contributed by atoms with Gasteiger partial charge in [-0.05, 0) is 59.7 Å². The van der Waals surface area contributed by atoms with Crippen molar-refractivity contribution in [2.45, 2.75) is 0 Å². The van der Waals surface area contributed by atoms with Crippen LogP contribution in [0.5, 0.6) is 11.5 Å². The number of ether oxygens (including phenoxy) is 2. The van der Waals surface area contributed by atoms with E-state index in [0.29, 0.717) is 0 Å². The Balaban J connectivity index is 1.97. The molecule has 0 unspecified atom stereocenters. The van der Waals surface area contributed by atoms with E-state index in [-0.39, 0.29) is 44.9 Å². The molecule has 0 amide bonds. The first kappa shape index (κ1) is 25.9. The number of halogens is 2. The van der Waals surface area contributed by atoms with Crippen molar-refractivity contribution in [3.8, 4) is 33.8 Å². The standard InChI is InChI=1S/C27H18F2N2O7/c1-37-17-5-7-19(21(13-17)23-11-15(30(33)34)3-9-25(23)28)27(32)20-8-6-18(38-2)14-22(20)24-12-16(31(35)36)4-10-26(24)29/h3-14H,1-2H3. The predicted molar refractivity (Wildman–Crippen MR) is 134 cm³/mol. The molecule has 38 heavy (non-hydrogen) atoms. The molecule has 0 aliphatic rings. The smallest absolute Gasteiger partial charge is 0.270 e. The molecule has 0 saturated heterocycles. The van der Waals surface area contributed by atoms with Crippen molar-refractivity contribution in [1.82, 2.24) is 0 Å². The third-order valence-electron chi connectivity index (χ3n) is 5.84. The molecular formula is C27H18F2N2O7. The molecule has 0 aliphatic heterocycles. The van der Waals surface area contributed by atoms with Crippen LogP contribution >= 0.6 is 0 Å².